The molecule has 29 heavy (non-hydrogen) atoms. The fraction of sp³-hybridized carbons (Fsp3) is 0.350. The van der Waals surface area contributed by atoms with Crippen molar-refractivity contribution >= 4 is 17.7 Å². The topological polar surface area (TPSA) is 92.9 Å². The highest BCUT2D eigenvalue weighted by Gasteiger charge is 2.59. The van der Waals surface area contributed by atoms with Gasteiger partial charge in [0.1, 0.15) is 0 Å². The average molecular weight is 401 g/mol. The summed E-state index contributed by atoms with van der Waals surface area (Å²) in [6, 6.07) is 3.51. The van der Waals surface area contributed by atoms with Crippen LogP contribution in [0.5, 0.6) is 0 Å². The molecule has 0 saturated heterocycles. The number of alkyl halides is 3. The van der Waals surface area contributed by atoms with E-state index in [9.17, 15) is 18.0 Å². The summed E-state index contributed by atoms with van der Waals surface area (Å²) in [5.74, 6) is 5.06. The van der Waals surface area contributed by atoms with E-state index < -0.39 is 17.7 Å². The normalized spacial score (nSPS) is 20.8. The maximum atomic E-state index is 14.1. The lowest BCUT2D eigenvalue weighted by molar-refractivity contribution is -0.178. The Balaban J connectivity index is 1.77. The van der Waals surface area contributed by atoms with Gasteiger partial charge in [-0.05, 0) is 37.0 Å². The number of aromatic nitrogens is 2. The van der Waals surface area contributed by atoms with Crippen LogP contribution >= 0.6 is 0 Å². The number of urea groups is 1. The Labute approximate surface area is 165 Å². The molecule has 2 aromatic rings. The van der Waals surface area contributed by atoms with Gasteiger partial charge in [0.2, 0.25) is 11.5 Å². The van der Waals surface area contributed by atoms with E-state index in [4.69, 9.17) is 5.73 Å². The van der Waals surface area contributed by atoms with Gasteiger partial charge in [0.05, 0.1) is 5.69 Å². The summed E-state index contributed by atoms with van der Waals surface area (Å²) in [5.41, 5.74) is 4.99. The van der Waals surface area contributed by atoms with E-state index in [2.05, 4.69) is 27.1 Å². The number of rotatable bonds is 2. The zero-order valence-corrected chi connectivity index (χ0v) is 15.5. The first-order valence-electron chi connectivity index (χ1n) is 9.08. The van der Waals surface area contributed by atoms with Gasteiger partial charge in [-0.1, -0.05) is 24.0 Å². The Hall–Kier alpha value is -3.28. The quantitative estimate of drug-likeness (QED) is 0.674. The summed E-state index contributed by atoms with van der Waals surface area (Å²) in [6.45, 7) is 1.82. The molecule has 4 rings (SSSR count). The maximum Gasteiger partial charge on any atom is 0.427 e. The summed E-state index contributed by atoms with van der Waals surface area (Å²) >= 11 is 0. The minimum Gasteiger partial charge on any atom is -0.368 e. The van der Waals surface area contributed by atoms with E-state index in [0.29, 0.717) is 17.7 Å². The van der Waals surface area contributed by atoms with Gasteiger partial charge in [0.15, 0.2) is 0 Å². The number of hydrogen-bond donors (Lipinski definition) is 3. The molecule has 2 aliphatic rings. The van der Waals surface area contributed by atoms with Crippen molar-refractivity contribution in [3.8, 4) is 11.8 Å². The number of anilines is 2. The smallest absolute Gasteiger partial charge is 0.368 e. The highest BCUT2D eigenvalue weighted by atomic mass is 19.4. The third kappa shape index (κ3) is 3.58. The number of amides is 2. The molecule has 9 heteroatoms. The van der Waals surface area contributed by atoms with Gasteiger partial charge in [0.25, 0.3) is 0 Å². The van der Waals surface area contributed by atoms with Gasteiger partial charge in [-0.25, -0.2) is 14.8 Å². The van der Waals surface area contributed by atoms with E-state index in [1.165, 1.54) is 12.1 Å². The third-order valence-electron chi connectivity index (χ3n) is 4.97. The van der Waals surface area contributed by atoms with Crippen LogP contribution in [0.2, 0.25) is 0 Å². The van der Waals surface area contributed by atoms with Crippen LogP contribution in [0.1, 0.15) is 35.2 Å². The van der Waals surface area contributed by atoms with Crippen molar-refractivity contribution in [3.05, 3.63) is 46.8 Å². The minimum atomic E-state index is -4.78. The molecule has 0 spiro atoms. The number of hydrogen-bond acceptors (Lipinski definition) is 4. The molecule has 150 valence electrons. The van der Waals surface area contributed by atoms with Crippen LogP contribution in [0.4, 0.5) is 29.6 Å². The summed E-state index contributed by atoms with van der Waals surface area (Å²) in [7, 11) is 0. The number of nitrogens with zero attached hydrogens (tertiary/aromatic N) is 2. The highest BCUT2D eigenvalue weighted by Crippen LogP contribution is 2.44. The Kier molecular flexibility index (Phi) is 4.37. The fourth-order valence-electron chi connectivity index (χ4n) is 3.22. The van der Waals surface area contributed by atoms with Crippen LogP contribution < -0.4 is 16.4 Å². The molecule has 2 amide bonds. The van der Waals surface area contributed by atoms with Crippen molar-refractivity contribution in [2.45, 2.75) is 37.9 Å². The number of halogens is 3. The molecule has 6 nitrogen and oxygen atoms in total. The minimum absolute atomic E-state index is 0.0464. The molecule has 1 atom stereocenters. The molecular weight excluding hydrogens is 383 g/mol. The summed E-state index contributed by atoms with van der Waals surface area (Å²) in [5, 5.41) is 4.48. The standard InChI is InChI=1S/C20H18F3N5O/c1-11-10-25-17(24)26-15(11)8-13-4-5-14-16(9-13)27-18(29)28-19(14,20(21,22)23)7-6-12-2-3-12/h4-5,9-10,12H,2-3,8H2,1H3,(H2,24,25,26)(H2,27,28,29)/t19-/m0/s1. The van der Waals surface area contributed by atoms with Crippen LogP contribution in [0.25, 0.3) is 0 Å². The van der Waals surface area contributed by atoms with Crippen LogP contribution in [0.15, 0.2) is 24.4 Å². The fourth-order valence-corrected chi connectivity index (χ4v) is 3.22. The number of benzene rings is 1. The van der Waals surface area contributed by atoms with Crippen LogP contribution in [0.3, 0.4) is 0 Å². The molecule has 1 aliphatic carbocycles. The Morgan fingerprint density at radius 1 is 1.34 bits per heavy atom. The van der Waals surface area contributed by atoms with Crippen molar-refractivity contribution in [2.24, 2.45) is 5.92 Å². The Morgan fingerprint density at radius 2 is 2.10 bits per heavy atom. The van der Waals surface area contributed by atoms with E-state index in [1.54, 1.807) is 12.3 Å². The van der Waals surface area contributed by atoms with Crippen molar-refractivity contribution in [1.29, 1.82) is 0 Å². The molecule has 0 radical (unpaired) electrons. The van der Waals surface area contributed by atoms with Crippen LogP contribution in [-0.4, -0.2) is 22.2 Å². The van der Waals surface area contributed by atoms with Gasteiger partial charge >= 0.3 is 12.2 Å². The second-order valence-electron chi connectivity index (χ2n) is 7.29. The molecule has 1 saturated carbocycles. The molecule has 1 aromatic carbocycles. The molecule has 1 aromatic heterocycles. The van der Waals surface area contributed by atoms with Gasteiger partial charge in [-0.2, -0.15) is 13.2 Å². The lowest BCUT2D eigenvalue weighted by Gasteiger charge is -2.37. The average Bonchev–Trinajstić information content (AvgIpc) is 3.46. The first kappa shape index (κ1) is 19.1. The molecule has 2 heterocycles. The molecule has 0 bridgehead atoms. The number of nitrogens with two attached hydrogens (primary N) is 1. The second kappa shape index (κ2) is 6.65. The number of nitrogen functional groups attached to an aromatic ring is 1. The first-order valence-corrected chi connectivity index (χ1v) is 9.08. The van der Waals surface area contributed by atoms with Crippen LogP contribution in [0, 0.1) is 24.7 Å². The SMILES string of the molecule is Cc1cnc(N)nc1Cc1ccc2c(c1)NC(=O)N[C@]2(C#CC1CC1)C(F)(F)F. The Bertz CT molecular complexity index is 1050. The van der Waals surface area contributed by atoms with Gasteiger partial charge < -0.3 is 16.4 Å². The van der Waals surface area contributed by atoms with Gasteiger partial charge in [-0.15, -0.1) is 0 Å². The lowest BCUT2D eigenvalue weighted by Crippen LogP contribution is -2.59. The molecule has 0 unspecified atom stereocenters. The van der Waals surface area contributed by atoms with Gasteiger partial charge in [-0.3, -0.25) is 0 Å². The van der Waals surface area contributed by atoms with E-state index in [-0.39, 0.29) is 23.1 Å². The largest absolute Gasteiger partial charge is 0.427 e. The molecule has 4 N–H and O–H groups in total. The number of fused-ring (bicyclic) bond motifs is 1. The van der Waals surface area contributed by atoms with Gasteiger partial charge in [0, 0.05) is 29.8 Å². The monoisotopic (exact) mass is 401 g/mol. The summed E-state index contributed by atoms with van der Waals surface area (Å²) in [6.07, 6.45) is -1.30. The van der Waals surface area contributed by atoms with E-state index in [1.807, 2.05) is 12.2 Å². The second-order valence-corrected chi connectivity index (χ2v) is 7.29. The van der Waals surface area contributed by atoms with Crippen molar-refractivity contribution in [2.75, 3.05) is 11.1 Å². The van der Waals surface area contributed by atoms with Crippen LogP contribution in [-0.2, 0) is 12.0 Å². The predicted octanol–water partition coefficient (Wildman–Crippen LogP) is 3.26. The third-order valence-corrected chi connectivity index (χ3v) is 4.97. The van der Waals surface area contributed by atoms with E-state index >= 15 is 0 Å². The zero-order valence-electron chi connectivity index (χ0n) is 15.5. The van der Waals surface area contributed by atoms with Crippen molar-refractivity contribution in [3.63, 3.8) is 0 Å². The predicted molar refractivity (Wildman–Crippen MR) is 101 cm³/mol. The van der Waals surface area contributed by atoms with E-state index in [0.717, 1.165) is 18.4 Å². The zero-order chi connectivity index (χ0) is 20.8. The maximum absolute atomic E-state index is 14.1. The first-order chi connectivity index (χ1) is 13.7. The molecule has 1 fully saturated rings. The number of aryl methyl sites for hydroxylation is 1. The molecular formula is C20H18F3N5O. The number of carbonyl (C=O) groups is 1. The lowest BCUT2D eigenvalue weighted by atomic mass is 9.85. The summed E-state index contributed by atoms with van der Waals surface area (Å²) in [4.78, 5) is 20.2. The number of carbonyl (C=O) groups excluding carboxylic acids is 1. The van der Waals surface area contributed by atoms with Crippen molar-refractivity contribution in [1.82, 2.24) is 15.3 Å². The highest BCUT2D eigenvalue weighted by molar-refractivity contribution is 5.95. The Morgan fingerprint density at radius 3 is 2.79 bits per heavy atom. The van der Waals surface area contributed by atoms with Crippen molar-refractivity contribution < 1.29 is 18.0 Å². The summed E-state index contributed by atoms with van der Waals surface area (Å²) < 4.78 is 42.3. The number of nitrogens with one attached hydrogen (secondary N) is 2. The molecule has 1 aliphatic heterocycles.